The lowest BCUT2D eigenvalue weighted by Gasteiger charge is -2.32. The molecule has 29 heavy (non-hydrogen) atoms. The van der Waals surface area contributed by atoms with Gasteiger partial charge in [0.15, 0.2) is 17.8 Å². The largest absolute Gasteiger partial charge is 0.443 e. The molecular formula is C25H30N2O2. The molecule has 1 aliphatic rings. The van der Waals surface area contributed by atoms with Gasteiger partial charge in [-0.3, -0.25) is 4.79 Å². The minimum absolute atomic E-state index is 0.0425. The Bertz CT molecular complexity index is 864. The second kappa shape index (κ2) is 10.6. The molecule has 4 heteroatoms. The number of piperidine rings is 1. The van der Waals surface area contributed by atoms with Gasteiger partial charge in [-0.05, 0) is 24.3 Å². The first-order chi connectivity index (χ1) is 14.2. The van der Waals surface area contributed by atoms with Crippen molar-refractivity contribution in [2.24, 2.45) is 0 Å². The summed E-state index contributed by atoms with van der Waals surface area (Å²) in [6.07, 6.45) is 5.95. The van der Waals surface area contributed by atoms with Crippen molar-refractivity contribution < 1.29 is 9.21 Å². The highest BCUT2D eigenvalue weighted by Crippen LogP contribution is 2.30. The van der Waals surface area contributed by atoms with E-state index in [4.69, 9.17) is 4.42 Å². The van der Waals surface area contributed by atoms with Crippen LogP contribution in [0.15, 0.2) is 71.5 Å². The van der Waals surface area contributed by atoms with E-state index in [0.29, 0.717) is 17.4 Å². The Balaban J connectivity index is 0.000000552. The zero-order valence-corrected chi connectivity index (χ0v) is 17.4. The lowest BCUT2D eigenvalue weighted by atomic mass is 9.89. The van der Waals surface area contributed by atoms with Crippen molar-refractivity contribution in [1.29, 1.82) is 0 Å². The smallest absolute Gasteiger partial charge is 0.276 e. The van der Waals surface area contributed by atoms with Crippen LogP contribution < -0.4 is 0 Å². The van der Waals surface area contributed by atoms with Gasteiger partial charge in [0.1, 0.15) is 0 Å². The highest BCUT2D eigenvalue weighted by molar-refractivity contribution is 5.97. The first-order valence-corrected chi connectivity index (χ1v) is 10.6. The normalized spacial score (nSPS) is 14.2. The third-order valence-electron chi connectivity index (χ3n) is 5.36. The van der Waals surface area contributed by atoms with Crippen LogP contribution in [0.3, 0.4) is 0 Å². The number of amides is 1. The molecule has 1 amide bonds. The third kappa shape index (κ3) is 5.35. The monoisotopic (exact) mass is 390 g/mol. The van der Waals surface area contributed by atoms with Gasteiger partial charge in [0, 0.05) is 18.7 Å². The molecule has 4 nitrogen and oxygen atoms in total. The maximum Gasteiger partial charge on any atom is 0.276 e. The number of carbonyl (C=O) groups excluding carboxylic acids is 1. The van der Waals surface area contributed by atoms with Crippen LogP contribution in [0.2, 0.25) is 0 Å². The summed E-state index contributed by atoms with van der Waals surface area (Å²) in [6, 6.07) is 20.2. The van der Waals surface area contributed by atoms with E-state index in [2.05, 4.69) is 43.1 Å². The summed E-state index contributed by atoms with van der Waals surface area (Å²) >= 11 is 0. The van der Waals surface area contributed by atoms with Gasteiger partial charge in [-0.2, -0.15) is 0 Å². The molecule has 1 aliphatic heterocycles. The van der Waals surface area contributed by atoms with Crippen LogP contribution in [-0.2, 0) is 0 Å². The van der Waals surface area contributed by atoms with Crippen molar-refractivity contribution in [1.82, 2.24) is 9.88 Å². The van der Waals surface area contributed by atoms with E-state index in [1.54, 1.807) is 0 Å². The van der Waals surface area contributed by atoms with Crippen LogP contribution in [0.25, 0.3) is 11.3 Å². The lowest BCUT2D eigenvalue weighted by Crippen LogP contribution is -2.38. The number of oxazole rings is 1. The number of unbranched alkanes of at least 4 members (excludes halogenated alkanes) is 1. The molecule has 152 valence electrons. The van der Waals surface area contributed by atoms with Crippen molar-refractivity contribution >= 4 is 5.91 Å². The molecule has 0 spiro atoms. The Labute approximate surface area is 173 Å². The van der Waals surface area contributed by atoms with Gasteiger partial charge in [0.2, 0.25) is 0 Å². The third-order valence-corrected chi connectivity index (χ3v) is 5.36. The van der Waals surface area contributed by atoms with Crippen molar-refractivity contribution in [2.75, 3.05) is 13.1 Å². The standard InChI is InChI=1S/C21H20N2O2.C4H10/c24-21(19-20(25-15-22-19)18-9-5-2-6-10-18)23-13-11-17(12-14-23)16-7-3-1-4-8-16;1-3-4-2/h1-10,15,17H,11-14H2;3-4H2,1-2H3. The van der Waals surface area contributed by atoms with Gasteiger partial charge in [-0.1, -0.05) is 87.4 Å². The zero-order valence-electron chi connectivity index (χ0n) is 17.4. The number of nitrogens with zero attached hydrogens (tertiary/aromatic N) is 2. The number of rotatable bonds is 4. The maximum absolute atomic E-state index is 12.9. The average Bonchev–Trinajstić information content (AvgIpc) is 3.30. The molecule has 1 aromatic heterocycles. The highest BCUT2D eigenvalue weighted by atomic mass is 16.3. The summed E-state index contributed by atoms with van der Waals surface area (Å²) in [7, 11) is 0. The van der Waals surface area contributed by atoms with Gasteiger partial charge < -0.3 is 9.32 Å². The van der Waals surface area contributed by atoms with Crippen LogP contribution >= 0.6 is 0 Å². The molecular weight excluding hydrogens is 360 g/mol. The van der Waals surface area contributed by atoms with E-state index < -0.39 is 0 Å². The molecule has 0 N–H and O–H groups in total. The maximum atomic E-state index is 12.9. The van der Waals surface area contributed by atoms with E-state index >= 15 is 0 Å². The summed E-state index contributed by atoms with van der Waals surface area (Å²) in [5.41, 5.74) is 2.65. The quantitative estimate of drug-likeness (QED) is 0.535. The SMILES string of the molecule is CCCC.O=C(c1ncoc1-c1ccccc1)N1CCC(c2ccccc2)CC1. The predicted molar refractivity (Wildman–Crippen MR) is 117 cm³/mol. The summed E-state index contributed by atoms with van der Waals surface area (Å²) in [5, 5.41) is 0. The topological polar surface area (TPSA) is 46.3 Å². The molecule has 0 radical (unpaired) electrons. The molecule has 0 bridgehead atoms. The number of likely N-dealkylation sites (tertiary alicyclic amines) is 1. The molecule has 0 atom stereocenters. The first kappa shape index (κ1) is 20.8. The average molecular weight is 391 g/mol. The lowest BCUT2D eigenvalue weighted by molar-refractivity contribution is 0.0708. The molecule has 2 aromatic carbocycles. The Hall–Kier alpha value is -2.88. The Morgan fingerprint density at radius 3 is 2.14 bits per heavy atom. The van der Waals surface area contributed by atoms with Gasteiger partial charge in [-0.15, -0.1) is 0 Å². The fourth-order valence-electron chi connectivity index (χ4n) is 3.48. The van der Waals surface area contributed by atoms with Crippen molar-refractivity contribution in [2.45, 2.75) is 45.4 Å². The second-order valence-corrected chi connectivity index (χ2v) is 7.37. The molecule has 1 fully saturated rings. The first-order valence-electron chi connectivity index (χ1n) is 10.6. The highest BCUT2D eigenvalue weighted by Gasteiger charge is 2.28. The number of benzene rings is 2. The van der Waals surface area contributed by atoms with E-state index in [-0.39, 0.29) is 5.91 Å². The van der Waals surface area contributed by atoms with Crippen molar-refractivity contribution in [3.8, 4) is 11.3 Å². The molecule has 0 unspecified atom stereocenters. The minimum Gasteiger partial charge on any atom is -0.443 e. The summed E-state index contributed by atoms with van der Waals surface area (Å²) in [4.78, 5) is 19.0. The number of aromatic nitrogens is 1. The second-order valence-electron chi connectivity index (χ2n) is 7.37. The van der Waals surface area contributed by atoms with Gasteiger partial charge in [-0.25, -0.2) is 4.98 Å². The molecule has 4 rings (SSSR count). The summed E-state index contributed by atoms with van der Waals surface area (Å²) in [6.45, 7) is 5.86. The van der Waals surface area contributed by atoms with Crippen LogP contribution in [0.1, 0.15) is 61.5 Å². The number of carbonyl (C=O) groups is 1. The molecule has 1 saturated heterocycles. The summed E-state index contributed by atoms with van der Waals surface area (Å²) in [5.74, 6) is 1.03. The van der Waals surface area contributed by atoms with Crippen molar-refractivity contribution in [3.05, 3.63) is 78.3 Å². The molecule has 2 heterocycles. The van der Waals surface area contributed by atoms with E-state index in [1.165, 1.54) is 24.8 Å². The molecule has 3 aromatic rings. The number of hydrogen-bond donors (Lipinski definition) is 0. The van der Waals surface area contributed by atoms with E-state index in [9.17, 15) is 4.79 Å². The van der Waals surface area contributed by atoms with Crippen LogP contribution in [0, 0.1) is 0 Å². The van der Waals surface area contributed by atoms with Gasteiger partial charge in [0.05, 0.1) is 0 Å². The van der Waals surface area contributed by atoms with Crippen LogP contribution in [-0.4, -0.2) is 28.9 Å². The fraction of sp³-hybridized carbons (Fsp3) is 0.360. The van der Waals surface area contributed by atoms with E-state index in [1.807, 2.05) is 41.3 Å². The zero-order chi connectivity index (χ0) is 20.5. The van der Waals surface area contributed by atoms with Crippen LogP contribution in [0.4, 0.5) is 0 Å². The summed E-state index contributed by atoms with van der Waals surface area (Å²) < 4.78 is 5.49. The fourth-order valence-corrected chi connectivity index (χ4v) is 3.48. The van der Waals surface area contributed by atoms with Gasteiger partial charge >= 0.3 is 0 Å². The van der Waals surface area contributed by atoms with Gasteiger partial charge in [0.25, 0.3) is 5.91 Å². The molecule has 0 saturated carbocycles. The van der Waals surface area contributed by atoms with E-state index in [0.717, 1.165) is 31.5 Å². The van der Waals surface area contributed by atoms with Crippen LogP contribution in [0.5, 0.6) is 0 Å². The Morgan fingerprint density at radius 2 is 1.55 bits per heavy atom. The predicted octanol–water partition coefficient (Wildman–Crippen LogP) is 6.17. The Kier molecular flexibility index (Phi) is 7.62. The minimum atomic E-state index is -0.0425. The molecule has 0 aliphatic carbocycles. The Morgan fingerprint density at radius 1 is 0.966 bits per heavy atom. The number of hydrogen-bond acceptors (Lipinski definition) is 3. The van der Waals surface area contributed by atoms with Crippen molar-refractivity contribution in [3.63, 3.8) is 0 Å².